The van der Waals surface area contributed by atoms with Crippen LogP contribution >= 0.6 is 0 Å². The van der Waals surface area contributed by atoms with E-state index in [9.17, 15) is 4.21 Å². The fourth-order valence-corrected chi connectivity index (χ4v) is 1.61. The quantitative estimate of drug-likeness (QED) is 0.525. The molecule has 0 aromatic carbocycles. The Morgan fingerprint density at radius 2 is 2.40 bits per heavy atom. The summed E-state index contributed by atoms with van der Waals surface area (Å²) in [5, 5.41) is 12.6. The van der Waals surface area contributed by atoms with Gasteiger partial charge in [0.05, 0.1) is 17.0 Å². The summed E-state index contributed by atoms with van der Waals surface area (Å²) < 4.78 is 11.0. The highest BCUT2D eigenvalue weighted by Gasteiger charge is 2.13. The molecule has 0 saturated carbocycles. The second kappa shape index (κ2) is 1.95. The standard InChI is InChI=1S/C5H3N3OS/c9-10-2-1-4-3-6-8-7-5(4)10/h1-3H. The fraction of sp³-hybridized carbons (Fsp3) is 0. The lowest BCUT2D eigenvalue weighted by Gasteiger charge is -1.88. The second-order valence-electron chi connectivity index (χ2n) is 1.79. The van der Waals surface area contributed by atoms with Crippen molar-refractivity contribution in [2.45, 2.75) is 5.03 Å². The first-order valence-electron chi connectivity index (χ1n) is 2.65. The molecule has 10 heavy (non-hydrogen) atoms. The smallest absolute Gasteiger partial charge is 0.164 e. The molecule has 1 aromatic rings. The van der Waals surface area contributed by atoms with Gasteiger partial charge in [0, 0.05) is 11.0 Å². The van der Waals surface area contributed by atoms with Crippen LogP contribution in [-0.2, 0) is 10.8 Å². The summed E-state index contributed by atoms with van der Waals surface area (Å²) in [6, 6.07) is 0. The number of hydrogen-bond acceptors (Lipinski definition) is 4. The van der Waals surface area contributed by atoms with E-state index in [2.05, 4.69) is 15.4 Å². The minimum atomic E-state index is -1.09. The van der Waals surface area contributed by atoms with Crippen molar-refractivity contribution < 1.29 is 4.21 Å². The lowest BCUT2D eigenvalue weighted by Crippen LogP contribution is -1.94. The largest absolute Gasteiger partial charge is 0.248 e. The van der Waals surface area contributed by atoms with Gasteiger partial charge in [-0.2, -0.15) is 0 Å². The summed E-state index contributed by atoms with van der Waals surface area (Å²) in [6.45, 7) is 0. The van der Waals surface area contributed by atoms with Gasteiger partial charge >= 0.3 is 0 Å². The van der Waals surface area contributed by atoms with Crippen LogP contribution in [0.4, 0.5) is 0 Å². The van der Waals surface area contributed by atoms with Gasteiger partial charge in [0.2, 0.25) is 0 Å². The molecule has 1 atom stereocenters. The molecular weight excluding hydrogens is 150 g/mol. The van der Waals surface area contributed by atoms with Gasteiger partial charge < -0.3 is 0 Å². The van der Waals surface area contributed by atoms with Gasteiger partial charge in [-0.3, -0.25) is 0 Å². The highest BCUT2D eigenvalue weighted by atomic mass is 32.2. The molecule has 0 aliphatic carbocycles. The molecule has 0 bridgehead atoms. The van der Waals surface area contributed by atoms with Gasteiger partial charge in [-0.1, -0.05) is 0 Å². The molecule has 1 unspecified atom stereocenters. The Bertz CT molecular complexity index is 322. The number of aromatic nitrogens is 3. The van der Waals surface area contributed by atoms with Gasteiger partial charge in [0.15, 0.2) is 5.03 Å². The number of hydrogen-bond donors (Lipinski definition) is 0. The molecule has 4 nitrogen and oxygen atoms in total. The van der Waals surface area contributed by atoms with Gasteiger partial charge in [-0.25, -0.2) is 4.21 Å². The van der Waals surface area contributed by atoms with E-state index in [0.29, 0.717) is 5.03 Å². The van der Waals surface area contributed by atoms with Crippen LogP contribution < -0.4 is 0 Å². The molecule has 0 spiro atoms. The molecule has 0 amide bonds. The summed E-state index contributed by atoms with van der Waals surface area (Å²) in [5.41, 5.74) is 0.799. The van der Waals surface area contributed by atoms with Gasteiger partial charge in [0.1, 0.15) is 0 Å². The highest BCUT2D eigenvalue weighted by Crippen LogP contribution is 2.17. The van der Waals surface area contributed by atoms with E-state index in [1.54, 1.807) is 17.7 Å². The lowest BCUT2D eigenvalue weighted by molar-refractivity contribution is 0.681. The van der Waals surface area contributed by atoms with Crippen LogP contribution in [0, 0.1) is 0 Å². The molecule has 2 heterocycles. The summed E-state index contributed by atoms with van der Waals surface area (Å²) in [6.07, 6.45) is 3.27. The van der Waals surface area contributed by atoms with Crippen LogP contribution in [0.3, 0.4) is 0 Å². The number of fused-ring (bicyclic) bond motifs is 1. The van der Waals surface area contributed by atoms with Crippen LogP contribution in [0.5, 0.6) is 0 Å². The van der Waals surface area contributed by atoms with E-state index in [-0.39, 0.29) is 0 Å². The molecule has 1 aromatic heterocycles. The Morgan fingerprint density at radius 1 is 1.50 bits per heavy atom. The van der Waals surface area contributed by atoms with Crippen molar-refractivity contribution in [1.82, 2.24) is 15.4 Å². The maximum atomic E-state index is 11.0. The zero-order valence-corrected chi connectivity index (χ0v) is 5.71. The first kappa shape index (κ1) is 5.67. The Hall–Kier alpha value is -1.10. The van der Waals surface area contributed by atoms with Crippen LogP contribution in [0.2, 0.25) is 0 Å². The normalized spacial score (nSPS) is 21.0. The average Bonchev–Trinajstić information content (AvgIpc) is 2.34. The molecule has 0 fully saturated rings. The summed E-state index contributed by atoms with van der Waals surface area (Å²) in [5.74, 6) is 0. The molecule has 1 aliphatic heterocycles. The minimum absolute atomic E-state index is 0.509. The van der Waals surface area contributed by atoms with Crippen molar-refractivity contribution in [2.75, 3.05) is 0 Å². The van der Waals surface area contributed by atoms with Crippen molar-refractivity contribution in [3.8, 4) is 0 Å². The molecule has 1 aliphatic rings. The lowest BCUT2D eigenvalue weighted by atomic mass is 10.4. The third-order valence-electron chi connectivity index (χ3n) is 1.19. The van der Waals surface area contributed by atoms with E-state index < -0.39 is 10.8 Å². The van der Waals surface area contributed by atoms with E-state index in [0.717, 1.165) is 5.56 Å². The average molecular weight is 153 g/mol. The van der Waals surface area contributed by atoms with Crippen LogP contribution in [0.1, 0.15) is 5.56 Å². The predicted octanol–water partition coefficient (Wildman–Crippen LogP) is -0.0365. The Morgan fingerprint density at radius 3 is 3.20 bits per heavy atom. The van der Waals surface area contributed by atoms with Crippen molar-refractivity contribution in [1.29, 1.82) is 0 Å². The number of rotatable bonds is 0. The number of nitrogens with zero attached hydrogens (tertiary/aromatic N) is 3. The molecule has 2 rings (SSSR count). The van der Waals surface area contributed by atoms with Gasteiger partial charge in [0.25, 0.3) is 0 Å². The third-order valence-corrected chi connectivity index (χ3v) is 2.27. The first-order chi connectivity index (χ1) is 4.88. The van der Waals surface area contributed by atoms with Crippen molar-refractivity contribution >= 4 is 16.9 Å². The summed E-state index contributed by atoms with van der Waals surface area (Å²) >= 11 is 0. The molecule has 0 N–H and O–H groups in total. The minimum Gasteiger partial charge on any atom is -0.248 e. The SMILES string of the molecule is O=S1C=Cc2cnnnc21. The maximum absolute atomic E-state index is 11.0. The fourth-order valence-electron chi connectivity index (χ4n) is 0.738. The Labute approximate surface area is 59.4 Å². The molecule has 50 valence electrons. The molecular formula is C5H3N3OS. The van der Waals surface area contributed by atoms with E-state index in [1.807, 2.05) is 0 Å². The maximum Gasteiger partial charge on any atom is 0.164 e. The van der Waals surface area contributed by atoms with Crippen LogP contribution in [0.25, 0.3) is 6.08 Å². The first-order valence-corrected chi connectivity index (χ1v) is 3.86. The summed E-state index contributed by atoms with van der Waals surface area (Å²) in [4.78, 5) is 0. The van der Waals surface area contributed by atoms with Crippen molar-refractivity contribution in [3.05, 3.63) is 17.2 Å². The van der Waals surface area contributed by atoms with Gasteiger partial charge in [-0.15, -0.1) is 10.2 Å². The molecule has 0 radical (unpaired) electrons. The Kier molecular flexibility index (Phi) is 1.10. The van der Waals surface area contributed by atoms with Crippen molar-refractivity contribution in [2.24, 2.45) is 0 Å². The van der Waals surface area contributed by atoms with Crippen LogP contribution in [-0.4, -0.2) is 19.6 Å². The second-order valence-corrected chi connectivity index (χ2v) is 3.05. The zero-order valence-electron chi connectivity index (χ0n) is 4.89. The van der Waals surface area contributed by atoms with Crippen LogP contribution in [0.15, 0.2) is 16.6 Å². The van der Waals surface area contributed by atoms with Gasteiger partial charge in [-0.05, 0) is 11.3 Å². The van der Waals surface area contributed by atoms with E-state index in [1.165, 1.54) is 0 Å². The Balaban J connectivity index is 2.70. The topological polar surface area (TPSA) is 55.7 Å². The zero-order chi connectivity index (χ0) is 6.97. The summed E-state index contributed by atoms with van der Waals surface area (Å²) in [7, 11) is -1.09. The highest BCUT2D eigenvalue weighted by molar-refractivity contribution is 7.88. The monoisotopic (exact) mass is 153 g/mol. The molecule has 5 heteroatoms. The third kappa shape index (κ3) is 0.672. The van der Waals surface area contributed by atoms with E-state index >= 15 is 0 Å². The van der Waals surface area contributed by atoms with Crippen molar-refractivity contribution in [3.63, 3.8) is 0 Å². The predicted molar refractivity (Wildman–Crippen MR) is 35.3 cm³/mol. The molecule has 0 saturated heterocycles. The van der Waals surface area contributed by atoms with E-state index in [4.69, 9.17) is 0 Å².